The first-order valence-electron chi connectivity index (χ1n) is 4.50. The lowest BCUT2D eigenvalue weighted by atomic mass is 10.1. The van der Waals surface area contributed by atoms with Crippen LogP contribution in [-0.2, 0) is 0 Å². The Labute approximate surface area is 88.6 Å². The Morgan fingerprint density at radius 1 is 1.21 bits per heavy atom. The minimum absolute atomic E-state index is 0. The van der Waals surface area contributed by atoms with E-state index in [1.165, 1.54) is 5.56 Å². The molecule has 0 unspecified atom stereocenters. The van der Waals surface area contributed by atoms with Crippen LogP contribution in [0.2, 0.25) is 0 Å². The van der Waals surface area contributed by atoms with Gasteiger partial charge in [-0.05, 0) is 24.1 Å². The predicted octanol–water partition coefficient (Wildman–Crippen LogP) is 1.65. The molecule has 3 rings (SSSR count). The van der Waals surface area contributed by atoms with Gasteiger partial charge in [-0.15, -0.1) is 12.4 Å². The van der Waals surface area contributed by atoms with Crippen LogP contribution in [0.15, 0.2) is 18.2 Å². The van der Waals surface area contributed by atoms with Gasteiger partial charge in [0.2, 0.25) is 6.79 Å². The van der Waals surface area contributed by atoms with E-state index in [1.807, 2.05) is 12.1 Å². The lowest BCUT2D eigenvalue weighted by molar-refractivity contribution is 0.174. The van der Waals surface area contributed by atoms with Gasteiger partial charge in [0, 0.05) is 12.0 Å². The van der Waals surface area contributed by atoms with Crippen LogP contribution in [0, 0.1) is 0 Å². The van der Waals surface area contributed by atoms with Crippen molar-refractivity contribution in [2.24, 2.45) is 5.73 Å². The molecule has 0 radical (unpaired) electrons. The number of hydrogen-bond donors (Lipinski definition) is 1. The SMILES string of the molecule is Cl.N[C@@H]1C[C@H]1c1ccc2c(c1)OCO2. The number of ether oxygens (including phenoxy) is 2. The Morgan fingerprint density at radius 2 is 1.93 bits per heavy atom. The summed E-state index contributed by atoms with van der Waals surface area (Å²) in [7, 11) is 0. The quantitative estimate of drug-likeness (QED) is 0.772. The maximum absolute atomic E-state index is 5.77. The Hall–Kier alpha value is -0.930. The van der Waals surface area contributed by atoms with E-state index in [1.54, 1.807) is 0 Å². The molecule has 1 aliphatic heterocycles. The van der Waals surface area contributed by atoms with E-state index in [-0.39, 0.29) is 12.4 Å². The van der Waals surface area contributed by atoms with Crippen molar-refractivity contribution < 1.29 is 9.47 Å². The Bertz CT molecular complexity index is 356. The van der Waals surface area contributed by atoms with E-state index in [4.69, 9.17) is 15.2 Å². The highest BCUT2D eigenvalue weighted by Crippen LogP contribution is 2.43. The number of fused-ring (bicyclic) bond motifs is 1. The van der Waals surface area contributed by atoms with E-state index >= 15 is 0 Å². The molecule has 0 aromatic heterocycles. The van der Waals surface area contributed by atoms with Crippen LogP contribution in [0.25, 0.3) is 0 Å². The highest BCUT2D eigenvalue weighted by molar-refractivity contribution is 5.85. The largest absolute Gasteiger partial charge is 0.454 e. The molecule has 1 fully saturated rings. The first-order valence-corrected chi connectivity index (χ1v) is 4.50. The first kappa shape index (κ1) is 9.62. The van der Waals surface area contributed by atoms with E-state index in [2.05, 4.69) is 6.07 Å². The fraction of sp³-hybridized carbons (Fsp3) is 0.400. The maximum atomic E-state index is 5.77. The highest BCUT2D eigenvalue weighted by Gasteiger charge is 2.35. The topological polar surface area (TPSA) is 44.5 Å². The van der Waals surface area contributed by atoms with Crippen LogP contribution >= 0.6 is 12.4 Å². The molecule has 3 nitrogen and oxygen atoms in total. The molecule has 2 atom stereocenters. The van der Waals surface area contributed by atoms with Crippen LogP contribution in [0.1, 0.15) is 17.9 Å². The molecule has 2 aliphatic rings. The molecule has 0 amide bonds. The zero-order chi connectivity index (χ0) is 8.84. The van der Waals surface area contributed by atoms with E-state index in [9.17, 15) is 0 Å². The summed E-state index contributed by atoms with van der Waals surface area (Å²) in [4.78, 5) is 0. The fourth-order valence-electron chi connectivity index (χ4n) is 1.74. The molecule has 1 aromatic carbocycles. The average molecular weight is 214 g/mol. The van der Waals surface area contributed by atoms with Gasteiger partial charge in [0.15, 0.2) is 11.5 Å². The van der Waals surface area contributed by atoms with Gasteiger partial charge in [0.25, 0.3) is 0 Å². The molecule has 0 spiro atoms. The highest BCUT2D eigenvalue weighted by atomic mass is 35.5. The lowest BCUT2D eigenvalue weighted by Gasteiger charge is -2.00. The minimum atomic E-state index is 0. The molecule has 1 aliphatic carbocycles. The predicted molar refractivity (Wildman–Crippen MR) is 55.1 cm³/mol. The Morgan fingerprint density at radius 3 is 2.64 bits per heavy atom. The van der Waals surface area contributed by atoms with Gasteiger partial charge in [0.05, 0.1) is 0 Å². The second kappa shape index (κ2) is 3.33. The fourth-order valence-corrected chi connectivity index (χ4v) is 1.74. The second-order valence-electron chi connectivity index (χ2n) is 3.62. The molecule has 0 bridgehead atoms. The molecule has 1 heterocycles. The van der Waals surface area contributed by atoms with Crippen molar-refractivity contribution in [2.75, 3.05) is 6.79 Å². The summed E-state index contributed by atoms with van der Waals surface area (Å²) in [6, 6.07) is 6.42. The molecule has 14 heavy (non-hydrogen) atoms. The molecular weight excluding hydrogens is 202 g/mol. The summed E-state index contributed by atoms with van der Waals surface area (Å²) in [5, 5.41) is 0. The van der Waals surface area contributed by atoms with E-state index in [0.717, 1.165) is 17.9 Å². The average Bonchev–Trinajstić information content (AvgIpc) is 2.70. The maximum Gasteiger partial charge on any atom is 0.231 e. The normalized spacial score (nSPS) is 26.9. The summed E-state index contributed by atoms with van der Waals surface area (Å²) in [6.45, 7) is 0.343. The van der Waals surface area contributed by atoms with Gasteiger partial charge in [0.1, 0.15) is 0 Å². The smallest absolute Gasteiger partial charge is 0.231 e. The molecule has 2 N–H and O–H groups in total. The molecular formula is C10H12ClNO2. The summed E-state index contributed by atoms with van der Waals surface area (Å²) >= 11 is 0. The summed E-state index contributed by atoms with van der Waals surface area (Å²) in [5.41, 5.74) is 7.05. The number of halogens is 1. The Balaban J connectivity index is 0.000000750. The second-order valence-corrected chi connectivity index (χ2v) is 3.62. The summed E-state index contributed by atoms with van der Waals surface area (Å²) < 4.78 is 10.5. The third-order valence-electron chi connectivity index (χ3n) is 2.66. The summed E-state index contributed by atoms with van der Waals surface area (Å²) in [5.74, 6) is 2.24. The molecule has 1 aromatic rings. The number of rotatable bonds is 1. The van der Waals surface area contributed by atoms with Gasteiger partial charge < -0.3 is 15.2 Å². The van der Waals surface area contributed by atoms with Crippen molar-refractivity contribution >= 4 is 12.4 Å². The Kier molecular flexibility index (Phi) is 2.29. The lowest BCUT2D eigenvalue weighted by Crippen LogP contribution is -2.00. The van der Waals surface area contributed by atoms with Crippen molar-refractivity contribution in [3.05, 3.63) is 23.8 Å². The van der Waals surface area contributed by atoms with Gasteiger partial charge in [-0.1, -0.05) is 6.07 Å². The molecule has 0 saturated heterocycles. The molecule has 4 heteroatoms. The third kappa shape index (κ3) is 1.42. The van der Waals surface area contributed by atoms with E-state index < -0.39 is 0 Å². The number of hydrogen-bond acceptors (Lipinski definition) is 3. The minimum Gasteiger partial charge on any atom is -0.454 e. The molecule has 76 valence electrons. The monoisotopic (exact) mass is 213 g/mol. The third-order valence-corrected chi connectivity index (χ3v) is 2.66. The van der Waals surface area contributed by atoms with Crippen molar-refractivity contribution in [3.63, 3.8) is 0 Å². The van der Waals surface area contributed by atoms with Crippen molar-refractivity contribution in [3.8, 4) is 11.5 Å². The van der Waals surface area contributed by atoms with Crippen LogP contribution in [0.4, 0.5) is 0 Å². The number of nitrogens with two attached hydrogens (primary N) is 1. The van der Waals surface area contributed by atoms with Crippen LogP contribution in [0.5, 0.6) is 11.5 Å². The standard InChI is InChI=1S/C10H11NO2.ClH/c11-8-4-7(8)6-1-2-9-10(3-6)13-5-12-9;/h1-3,7-8H,4-5,11H2;1H/t7-,8+;/m0./s1. The van der Waals surface area contributed by atoms with Gasteiger partial charge >= 0.3 is 0 Å². The van der Waals surface area contributed by atoms with Crippen molar-refractivity contribution in [2.45, 2.75) is 18.4 Å². The first-order chi connectivity index (χ1) is 6.34. The zero-order valence-electron chi connectivity index (χ0n) is 7.60. The van der Waals surface area contributed by atoms with Crippen LogP contribution in [-0.4, -0.2) is 12.8 Å². The van der Waals surface area contributed by atoms with Crippen LogP contribution in [0.3, 0.4) is 0 Å². The zero-order valence-corrected chi connectivity index (χ0v) is 8.42. The summed E-state index contributed by atoms with van der Waals surface area (Å²) in [6.07, 6.45) is 1.10. The van der Waals surface area contributed by atoms with Crippen molar-refractivity contribution in [1.82, 2.24) is 0 Å². The van der Waals surface area contributed by atoms with Gasteiger partial charge in [-0.25, -0.2) is 0 Å². The number of benzene rings is 1. The van der Waals surface area contributed by atoms with Crippen LogP contribution < -0.4 is 15.2 Å². The van der Waals surface area contributed by atoms with E-state index in [0.29, 0.717) is 18.8 Å². The van der Waals surface area contributed by atoms with Crippen molar-refractivity contribution in [1.29, 1.82) is 0 Å². The molecule has 1 saturated carbocycles. The van der Waals surface area contributed by atoms with Gasteiger partial charge in [-0.3, -0.25) is 0 Å². The van der Waals surface area contributed by atoms with Gasteiger partial charge in [-0.2, -0.15) is 0 Å².